The van der Waals surface area contributed by atoms with E-state index in [9.17, 15) is 4.79 Å². The van der Waals surface area contributed by atoms with Crippen molar-refractivity contribution in [2.75, 3.05) is 0 Å². The number of carbonyl (C=O) groups excluding carboxylic acids is 1. The normalized spacial score (nSPS) is 38.9. The zero-order chi connectivity index (χ0) is 10.0. The van der Waals surface area contributed by atoms with E-state index < -0.39 is 0 Å². The molecular weight excluding hydrogens is 172 g/mol. The van der Waals surface area contributed by atoms with Gasteiger partial charge in [-0.2, -0.15) is 0 Å². The van der Waals surface area contributed by atoms with E-state index in [1.54, 1.807) is 0 Å². The lowest BCUT2D eigenvalue weighted by atomic mass is 9.63. The lowest BCUT2D eigenvalue weighted by molar-refractivity contribution is -0.126. The molecule has 2 rings (SSSR count). The summed E-state index contributed by atoms with van der Waals surface area (Å²) in [5.74, 6) is 1.28. The van der Waals surface area contributed by atoms with E-state index in [4.69, 9.17) is 0 Å². The van der Waals surface area contributed by atoms with Gasteiger partial charge < -0.3 is 0 Å². The van der Waals surface area contributed by atoms with E-state index >= 15 is 0 Å². The molecule has 2 aliphatic carbocycles. The highest BCUT2D eigenvalue weighted by Gasteiger charge is 2.38. The summed E-state index contributed by atoms with van der Waals surface area (Å²) in [4.78, 5) is 11.7. The molecule has 0 unspecified atom stereocenters. The number of hydrogen-bond donors (Lipinski definition) is 0. The van der Waals surface area contributed by atoms with E-state index in [0.29, 0.717) is 11.2 Å². The van der Waals surface area contributed by atoms with E-state index in [1.807, 2.05) is 0 Å². The van der Waals surface area contributed by atoms with E-state index in [1.165, 1.54) is 44.9 Å². The number of hydrogen-bond acceptors (Lipinski definition) is 1. The predicted octanol–water partition coefficient (Wildman–Crippen LogP) is 3.72. The van der Waals surface area contributed by atoms with Crippen molar-refractivity contribution in [1.29, 1.82) is 0 Å². The van der Waals surface area contributed by atoms with E-state index in [0.717, 1.165) is 18.8 Å². The lowest BCUT2D eigenvalue weighted by Gasteiger charge is -2.41. The molecule has 2 aliphatic rings. The number of fused-ring (bicyclic) bond motifs is 2. The average molecular weight is 194 g/mol. The van der Waals surface area contributed by atoms with Crippen molar-refractivity contribution in [3.05, 3.63) is 0 Å². The highest BCUT2D eigenvalue weighted by atomic mass is 16.1. The first-order valence-corrected chi connectivity index (χ1v) is 6.26. The van der Waals surface area contributed by atoms with Gasteiger partial charge in [0, 0.05) is 12.8 Å². The number of ketones is 1. The van der Waals surface area contributed by atoms with Gasteiger partial charge in [-0.25, -0.2) is 0 Å². The summed E-state index contributed by atoms with van der Waals surface area (Å²) in [6.45, 7) is 2.28. The Morgan fingerprint density at radius 3 is 3.00 bits per heavy atom. The van der Waals surface area contributed by atoms with Crippen molar-refractivity contribution < 1.29 is 4.79 Å². The first-order chi connectivity index (χ1) is 6.74. The molecule has 2 saturated carbocycles. The van der Waals surface area contributed by atoms with Gasteiger partial charge in [-0.15, -0.1) is 0 Å². The molecule has 0 heterocycles. The largest absolute Gasteiger partial charge is 0.300 e. The van der Waals surface area contributed by atoms with Crippen LogP contribution in [0.4, 0.5) is 0 Å². The highest BCUT2D eigenvalue weighted by Crippen LogP contribution is 2.47. The molecule has 1 heteroatoms. The van der Waals surface area contributed by atoms with Crippen LogP contribution in [0.2, 0.25) is 0 Å². The number of Topliss-reactive ketones (excluding diaryl/α,β-unsaturated/α-hetero) is 1. The molecule has 80 valence electrons. The molecule has 0 aromatic heterocycles. The number of carbonyl (C=O) groups is 1. The second-order valence-electron chi connectivity index (χ2n) is 5.44. The minimum atomic E-state index is 0.417. The first kappa shape index (κ1) is 10.2. The summed E-state index contributed by atoms with van der Waals surface area (Å²) in [5, 5.41) is 0. The second-order valence-corrected chi connectivity index (χ2v) is 5.44. The van der Waals surface area contributed by atoms with Gasteiger partial charge in [0.05, 0.1) is 0 Å². The van der Waals surface area contributed by atoms with Crippen molar-refractivity contribution >= 4 is 5.78 Å². The molecule has 1 nitrogen and oxygen atoms in total. The van der Waals surface area contributed by atoms with Crippen molar-refractivity contribution in [2.45, 2.75) is 64.7 Å². The summed E-state index contributed by atoms with van der Waals surface area (Å²) in [6.07, 6.45) is 11.1. The Bertz CT molecular complexity index is 221. The molecule has 2 fully saturated rings. The smallest absolute Gasteiger partial charge is 0.133 e. The van der Waals surface area contributed by atoms with Crippen LogP contribution in [0, 0.1) is 11.3 Å². The van der Waals surface area contributed by atoms with E-state index in [2.05, 4.69) is 6.92 Å². The maximum Gasteiger partial charge on any atom is 0.133 e. The molecule has 0 amide bonds. The Morgan fingerprint density at radius 2 is 2.21 bits per heavy atom. The van der Waals surface area contributed by atoms with E-state index in [-0.39, 0.29) is 0 Å². The van der Waals surface area contributed by atoms with Gasteiger partial charge in [-0.3, -0.25) is 4.79 Å². The molecule has 14 heavy (non-hydrogen) atoms. The third kappa shape index (κ3) is 2.02. The number of rotatable bonds is 1. The van der Waals surface area contributed by atoms with Gasteiger partial charge >= 0.3 is 0 Å². The second kappa shape index (κ2) is 4.04. The van der Waals surface area contributed by atoms with Crippen LogP contribution in [0.15, 0.2) is 0 Å². The fourth-order valence-electron chi connectivity index (χ4n) is 3.52. The Kier molecular flexibility index (Phi) is 2.94. The topological polar surface area (TPSA) is 17.1 Å². The maximum atomic E-state index is 11.7. The zero-order valence-electron chi connectivity index (χ0n) is 9.35. The van der Waals surface area contributed by atoms with Gasteiger partial charge in [0.2, 0.25) is 0 Å². The predicted molar refractivity (Wildman–Crippen MR) is 58.2 cm³/mol. The van der Waals surface area contributed by atoms with Crippen molar-refractivity contribution in [1.82, 2.24) is 0 Å². The van der Waals surface area contributed by atoms with Crippen LogP contribution in [0.1, 0.15) is 64.7 Å². The summed E-state index contributed by atoms with van der Waals surface area (Å²) >= 11 is 0. The molecule has 0 aliphatic heterocycles. The van der Waals surface area contributed by atoms with Crippen LogP contribution in [0.5, 0.6) is 0 Å². The fraction of sp³-hybridized carbons (Fsp3) is 0.923. The summed E-state index contributed by atoms with van der Waals surface area (Å²) in [6, 6.07) is 0. The summed E-state index contributed by atoms with van der Waals surface area (Å²) < 4.78 is 0. The standard InChI is InChI=1S/C13H22O/c1-2-13-7-5-3-4-6-11(9-13)8-12(14)10-13/h11H,2-10H2,1H3/t11-,13-/m1/s1. The average Bonchev–Trinajstić information content (AvgIpc) is 2.14. The molecule has 0 saturated heterocycles. The SMILES string of the molecule is CC[C@]12CCCCC[C@H](CC(=O)C1)C2. The van der Waals surface area contributed by atoms with Crippen molar-refractivity contribution in [3.63, 3.8) is 0 Å². The molecule has 0 radical (unpaired) electrons. The highest BCUT2D eigenvalue weighted by molar-refractivity contribution is 5.80. The van der Waals surface area contributed by atoms with Crippen LogP contribution in [-0.2, 0) is 4.79 Å². The van der Waals surface area contributed by atoms with Gasteiger partial charge in [0.1, 0.15) is 5.78 Å². The molecule has 0 aromatic carbocycles. The van der Waals surface area contributed by atoms with Crippen LogP contribution in [-0.4, -0.2) is 5.78 Å². The van der Waals surface area contributed by atoms with Crippen LogP contribution < -0.4 is 0 Å². The lowest BCUT2D eigenvalue weighted by Crippen LogP contribution is -2.34. The van der Waals surface area contributed by atoms with Gasteiger partial charge in [-0.1, -0.05) is 39.0 Å². The molecule has 2 atom stereocenters. The molecule has 0 N–H and O–H groups in total. The molecule has 2 bridgehead atoms. The maximum absolute atomic E-state index is 11.7. The Balaban J connectivity index is 2.13. The third-order valence-electron chi connectivity index (χ3n) is 4.38. The van der Waals surface area contributed by atoms with Crippen LogP contribution in [0.25, 0.3) is 0 Å². The van der Waals surface area contributed by atoms with Gasteiger partial charge in [0.15, 0.2) is 0 Å². The first-order valence-electron chi connectivity index (χ1n) is 6.26. The van der Waals surface area contributed by atoms with Crippen molar-refractivity contribution in [3.8, 4) is 0 Å². The quantitative estimate of drug-likeness (QED) is 0.622. The van der Waals surface area contributed by atoms with Crippen LogP contribution >= 0.6 is 0 Å². The fourth-order valence-corrected chi connectivity index (χ4v) is 3.52. The summed E-state index contributed by atoms with van der Waals surface area (Å²) in [7, 11) is 0. The molecule has 0 aromatic rings. The van der Waals surface area contributed by atoms with Crippen molar-refractivity contribution in [2.24, 2.45) is 11.3 Å². The Morgan fingerprint density at radius 1 is 1.36 bits per heavy atom. The minimum absolute atomic E-state index is 0.417. The van der Waals surface area contributed by atoms with Crippen LogP contribution in [0.3, 0.4) is 0 Å². The minimum Gasteiger partial charge on any atom is -0.300 e. The molecular formula is C13H22O. The van der Waals surface area contributed by atoms with Gasteiger partial charge in [0.25, 0.3) is 0 Å². The Hall–Kier alpha value is -0.330. The molecule has 0 spiro atoms. The monoisotopic (exact) mass is 194 g/mol. The Labute approximate surface area is 87.3 Å². The van der Waals surface area contributed by atoms with Gasteiger partial charge in [-0.05, 0) is 24.2 Å². The third-order valence-corrected chi connectivity index (χ3v) is 4.38. The summed E-state index contributed by atoms with van der Waals surface area (Å²) in [5.41, 5.74) is 0.417. The zero-order valence-corrected chi connectivity index (χ0v) is 9.35.